The molecule has 0 aliphatic carbocycles. The van der Waals surface area contributed by atoms with Crippen molar-refractivity contribution in [1.29, 1.82) is 0 Å². The number of anilines is 1. The molecule has 2 aromatic rings. The first-order chi connectivity index (χ1) is 9.50. The maximum Gasteiger partial charge on any atom is 0.278 e. The van der Waals surface area contributed by atoms with Gasteiger partial charge in [-0.3, -0.25) is 15.1 Å². The third kappa shape index (κ3) is 2.85. The summed E-state index contributed by atoms with van der Waals surface area (Å²) >= 11 is 1.36. The van der Waals surface area contributed by atoms with E-state index in [4.69, 9.17) is 5.73 Å². The van der Waals surface area contributed by atoms with Crippen LogP contribution in [0.5, 0.6) is 0 Å². The maximum absolute atomic E-state index is 11.1. The second-order valence-electron chi connectivity index (χ2n) is 4.15. The van der Waals surface area contributed by atoms with Gasteiger partial charge < -0.3 is 5.73 Å². The molecule has 0 aliphatic rings. The molecule has 2 rings (SSSR count). The maximum atomic E-state index is 11.1. The number of nitrogens with zero attached hydrogens (tertiary/aromatic N) is 4. The number of pyridine rings is 1. The molecule has 0 bridgehead atoms. The van der Waals surface area contributed by atoms with Gasteiger partial charge in [0.2, 0.25) is 0 Å². The van der Waals surface area contributed by atoms with Gasteiger partial charge in [-0.15, -0.1) is 0 Å². The van der Waals surface area contributed by atoms with Crippen molar-refractivity contribution in [3.63, 3.8) is 0 Å². The van der Waals surface area contributed by atoms with Gasteiger partial charge in [-0.2, -0.15) is 0 Å². The number of thioether (sulfide) groups is 1. The zero-order valence-corrected chi connectivity index (χ0v) is 11.8. The standard InChI is InChI=1S/C12H13N5O2S/c1-7-5-16-9(8(2)10(7)17(18)19)6-20-12-11(13)14-3-4-15-12/h3-5H,6H2,1-2H3,(H2,13,14). The van der Waals surface area contributed by atoms with E-state index in [1.807, 2.05) is 0 Å². The predicted molar refractivity (Wildman–Crippen MR) is 76.4 cm³/mol. The van der Waals surface area contributed by atoms with Crippen LogP contribution in [0, 0.1) is 24.0 Å². The van der Waals surface area contributed by atoms with E-state index in [0.29, 0.717) is 33.4 Å². The molecule has 2 heterocycles. The van der Waals surface area contributed by atoms with E-state index in [2.05, 4.69) is 15.0 Å². The third-order valence-corrected chi connectivity index (χ3v) is 3.80. The van der Waals surface area contributed by atoms with Crippen molar-refractivity contribution >= 4 is 23.3 Å². The Morgan fingerprint density at radius 3 is 2.65 bits per heavy atom. The first-order valence-corrected chi connectivity index (χ1v) is 6.78. The summed E-state index contributed by atoms with van der Waals surface area (Å²) in [7, 11) is 0. The summed E-state index contributed by atoms with van der Waals surface area (Å²) in [5.41, 5.74) is 7.60. The molecule has 0 radical (unpaired) electrons. The molecule has 0 saturated carbocycles. The van der Waals surface area contributed by atoms with E-state index in [-0.39, 0.29) is 10.6 Å². The summed E-state index contributed by atoms with van der Waals surface area (Å²) in [6.07, 6.45) is 4.58. The van der Waals surface area contributed by atoms with Crippen molar-refractivity contribution in [2.45, 2.75) is 24.6 Å². The number of nitrogen functional groups attached to an aromatic ring is 1. The Morgan fingerprint density at radius 1 is 1.30 bits per heavy atom. The highest BCUT2D eigenvalue weighted by Crippen LogP contribution is 2.29. The number of nitro groups is 1. The highest BCUT2D eigenvalue weighted by Gasteiger charge is 2.19. The molecule has 104 valence electrons. The van der Waals surface area contributed by atoms with Crippen LogP contribution in [-0.2, 0) is 5.75 Å². The fraction of sp³-hybridized carbons (Fsp3) is 0.250. The molecule has 0 aliphatic heterocycles. The molecule has 0 fully saturated rings. The molecule has 7 nitrogen and oxygen atoms in total. The largest absolute Gasteiger partial charge is 0.381 e. The fourth-order valence-electron chi connectivity index (χ4n) is 1.78. The fourth-order valence-corrected chi connectivity index (χ4v) is 2.68. The Hall–Kier alpha value is -2.22. The van der Waals surface area contributed by atoms with Gasteiger partial charge >= 0.3 is 0 Å². The molecule has 2 aromatic heterocycles. The normalized spacial score (nSPS) is 10.5. The number of hydrogen-bond acceptors (Lipinski definition) is 7. The molecular weight excluding hydrogens is 278 g/mol. The molecule has 0 amide bonds. The van der Waals surface area contributed by atoms with Crippen molar-refractivity contribution in [2.75, 3.05) is 5.73 Å². The van der Waals surface area contributed by atoms with Gasteiger partial charge in [0.05, 0.1) is 10.6 Å². The molecular formula is C12H13N5O2S. The van der Waals surface area contributed by atoms with Crippen molar-refractivity contribution in [1.82, 2.24) is 15.0 Å². The van der Waals surface area contributed by atoms with Crippen LogP contribution in [0.3, 0.4) is 0 Å². The Balaban J connectivity index is 2.25. The lowest BCUT2D eigenvalue weighted by atomic mass is 10.1. The van der Waals surface area contributed by atoms with Gasteiger partial charge in [0.15, 0.2) is 5.82 Å². The first kappa shape index (κ1) is 14.2. The minimum absolute atomic E-state index is 0.114. The minimum atomic E-state index is -0.378. The third-order valence-electron chi connectivity index (χ3n) is 2.80. The van der Waals surface area contributed by atoms with Crippen LogP contribution in [0.4, 0.5) is 11.5 Å². The molecule has 8 heteroatoms. The summed E-state index contributed by atoms with van der Waals surface area (Å²) in [5, 5.41) is 11.6. The summed E-state index contributed by atoms with van der Waals surface area (Å²) < 4.78 is 0. The average Bonchev–Trinajstić information content (AvgIpc) is 2.39. The van der Waals surface area contributed by atoms with E-state index in [1.54, 1.807) is 20.0 Å². The molecule has 20 heavy (non-hydrogen) atoms. The summed E-state index contributed by atoms with van der Waals surface area (Å²) in [5.74, 6) is 0.798. The topological polar surface area (TPSA) is 108 Å². The lowest BCUT2D eigenvalue weighted by Gasteiger charge is -2.07. The van der Waals surface area contributed by atoms with E-state index in [1.165, 1.54) is 24.2 Å². The molecule has 0 unspecified atom stereocenters. The van der Waals surface area contributed by atoms with Crippen molar-refractivity contribution in [2.24, 2.45) is 0 Å². The van der Waals surface area contributed by atoms with Crippen LogP contribution < -0.4 is 5.73 Å². The Morgan fingerprint density at radius 2 is 2.00 bits per heavy atom. The van der Waals surface area contributed by atoms with Gasteiger partial charge in [0, 0.05) is 35.5 Å². The van der Waals surface area contributed by atoms with E-state index >= 15 is 0 Å². The molecule has 2 N–H and O–H groups in total. The predicted octanol–water partition coefficient (Wildman–Crippen LogP) is 2.27. The second kappa shape index (κ2) is 5.83. The van der Waals surface area contributed by atoms with Gasteiger partial charge in [0.1, 0.15) is 5.03 Å². The van der Waals surface area contributed by atoms with Gasteiger partial charge in [-0.05, 0) is 13.8 Å². The van der Waals surface area contributed by atoms with Gasteiger partial charge in [-0.25, -0.2) is 9.97 Å². The highest BCUT2D eigenvalue weighted by atomic mass is 32.2. The SMILES string of the molecule is Cc1cnc(CSc2nccnc2N)c(C)c1[N+](=O)[O-]. The number of hydrogen-bond donors (Lipinski definition) is 1. The lowest BCUT2D eigenvalue weighted by molar-refractivity contribution is -0.386. The first-order valence-electron chi connectivity index (χ1n) is 5.79. The lowest BCUT2D eigenvalue weighted by Crippen LogP contribution is -2.02. The Labute approximate surface area is 119 Å². The zero-order chi connectivity index (χ0) is 14.7. The van der Waals surface area contributed by atoms with Gasteiger partial charge in [-0.1, -0.05) is 11.8 Å². The van der Waals surface area contributed by atoms with Crippen LogP contribution in [0.2, 0.25) is 0 Å². The van der Waals surface area contributed by atoms with E-state index < -0.39 is 0 Å². The summed E-state index contributed by atoms with van der Waals surface area (Å²) in [6.45, 7) is 3.38. The van der Waals surface area contributed by atoms with Crippen molar-refractivity contribution in [3.8, 4) is 0 Å². The molecule has 0 aromatic carbocycles. The molecule has 0 spiro atoms. The smallest absolute Gasteiger partial charge is 0.278 e. The van der Waals surface area contributed by atoms with Crippen LogP contribution in [0.1, 0.15) is 16.8 Å². The van der Waals surface area contributed by atoms with Crippen LogP contribution in [0.25, 0.3) is 0 Å². The summed E-state index contributed by atoms with van der Waals surface area (Å²) in [4.78, 5) is 23.0. The summed E-state index contributed by atoms with van der Waals surface area (Å²) in [6, 6.07) is 0. The monoisotopic (exact) mass is 291 g/mol. The number of rotatable bonds is 4. The number of aryl methyl sites for hydroxylation is 1. The quantitative estimate of drug-likeness (QED) is 0.523. The average molecular weight is 291 g/mol. The van der Waals surface area contributed by atoms with E-state index in [9.17, 15) is 10.1 Å². The molecule has 0 atom stereocenters. The van der Waals surface area contributed by atoms with Crippen molar-refractivity contribution < 1.29 is 4.92 Å². The van der Waals surface area contributed by atoms with Crippen LogP contribution in [0.15, 0.2) is 23.6 Å². The Kier molecular flexibility index (Phi) is 4.14. The zero-order valence-electron chi connectivity index (χ0n) is 11.0. The van der Waals surface area contributed by atoms with Gasteiger partial charge in [0.25, 0.3) is 5.69 Å². The van der Waals surface area contributed by atoms with Crippen LogP contribution in [-0.4, -0.2) is 19.9 Å². The number of aromatic nitrogens is 3. The van der Waals surface area contributed by atoms with Crippen LogP contribution >= 0.6 is 11.8 Å². The van der Waals surface area contributed by atoms with Crippen molar-refractivity contribution in [3.05, 3.63) is 45.5 Å². The second-order valence-corrected chi connectivity index (χ2v) is 5.12. The number of nitrogens with two attached hydrogens (primary N) is 1. The molecule has 0 saturated heterocycles. The Bertz CT molecular complexity index is 662. The van der Waals surface area contributed by atoms with E-state index in [0.717, 1.165) is 0 Å². The minimum Gasteiger partial charge on any atom is -0.381 e. The highest BCUT2D eigenvalue weighted by molar-refractivity contribution is 7.98.